The van der Waals surface area contributed by atoms with Gasteiger partial charge in [0.05, 0.1) is 11.1 Å². The Morgan fingerprint density at radius 1 is 0.955 bits per heavy atom. The Morgan fingerprint density at radius 2 is 1.55 bits per heavy atom. The number of fused-ring (bicyclic) bond motifs is 1. The number of nitrogens with zero attached hydrogens (tertiary/aromatic N) is 1. The van der Waals surface area contributed by atoms with Crippen molar-refractivity contribution in [3.8, 4) is 0 Å². The van der Waals surface area contributed by atoms with E-state index in [1.165, 1.54) is 0 Å². The Balaban J connectivity index is 2.22. The molecule has 3 rings (SSSR count). The number of imide groups is 1. The molecule has 2 amide bonds. The van der Waals surface area contributed by atoms with E-state index in [2.05, 4.69) is 0 Å². The third kappa shape index (κ3) is 2.01. The maximum atomic E-state index is 13.4. The third-order valence-corrected chi connectivity index (χ3v) is 3.88. The first kappa shape index (κ1) is 14.4. The average Bonchev–Trinajstić information content (AvgIpc) is 2.45. The first-order chi connectivity index (χ1) is 10.3. The molecule has 112 valence electrons. The molecule has 1 aliphatic heterocycles. The summed E-state index contributed by atoms with van der Waals surface area (Å²) in [6, 6.07) is 9.40. The van der Waals surface area contributed by atoms with Gasteiger partial charge in [0.15, 0.2) is 0 Å². The summed E-state index contributed by atoms with van der Waals surface area (Å²) in [4.78, 5) is 26.1. The van der Waals surface area contributed by atoms with Gasteiger partial charge in [0.2, 0.25) is 5.91 Å². The van der Waals surface area contributed by atoms with E-state index in [1.54, 1.807) is 38.1 Å². The molecule has 5 heteroatoms. The number of anilines is 1. The van der Waals surface area contributed by atoms with Crippen LogP contribution in [0.1, 0.15) is 29.8 Å². The second-order valence-corrected chi connectivity index (χ2v) is 5.74. The number of carbonyl (C=O) groups excluding carboxylic acids is 2. The molecule has 0 N–H and O–H groups in total. The molecule has 1 heterocycles. The monoisotopic (exact) mass is 301 g/mol. The van der Waals surface area contributed by atoms with Crippen LogP contribution in [-0.4, -0.2) is 11.8 Å². The quantitative estimate of drug-likeness (QED) is 0.757. The molecule has 0 bridgehead atoms. The van der Waals surface area contributed by atoms with E-state index in [4.69, 9.17) is 0 Å². The van der Waals surface area contributed by atoms with E-state index in [0.29, 0.717) is 17.2 Å². The zero-order valence-electron chi connectivity index (χ0n) is 12.1. The number of carbonyl (C=O) groups is 2. The van der Waals surface area contributed by atoms with Gasteiger partial charge in [-0.1, -0.05) is 18.2 Å². The predicted molar refractivity (Wildman–Crippen MR) is 77.6 cm³/mol. The highest BCUT2D eigenvalue weighted by Gasteiger charge is 2.45. The highest BCUT2D eigenvalue weighted by molar-refractivity contribution is 6.27. The van der Waals surface area contributed by atoms with Crippen molar-refractivity contribution in [2.24, 2.45) is 0 Å². The molecule has 0 radical (unpaired) electrons. The largest absolute Gasteiger partial charge is 0.273 e. The van der Waals surface area contributed by atoms with E-state index >= 15 is 0 Å². The van der Waals surface area contributed by atoms with Crippen molar-refractivity contribution in [2.75, 3.05) is 4.90 Å². The van der Waals surface area contributed by atoms with Gasteiger partial charge >= 0.3 is 0 Å². The maximum Gasteiger partial charge on any atom is 0.265 e. The first-order valence-corrected chi connectivity index (χ1v) is 6.77. The topological polar surface area (TPSA) is 37.4 Å². The minimum atomic E-state index is -0.965. The molecular weight excluding hydrogens is 288 g/mol. The Hall–Kier alpha value is -2.56. The van der Waals surface area contributed by atoms with E-state index in [1.807, 2.05) is 0 Å². The van der Waals surface area contributed by atoms with Gasteiger partial charge in [0.25, 0.3) is 5.91 Å². The van der Waals surface area contributed by atoms with Crippen LogP contribution in [0, 0.1) is 11.6 Å². The zero-order chi connectivity index (χ0) is 16.1. The average molecular weight is 301 g/mol. The minimum absolute atomic E-state index is 0.102. The van der Waals surface area contributed by atoms with Crippen LogP contribution in [0.3, 0.4) is 0 Å². The van der Waals surface area contributed by atoms with Crippen LogP contribution >= 0.6 is 0 Å². The molecule has 0 spiro atoms. The van der Waals surface area contributed by atoms with Crippen LogP contribution in [-0.2, 0) is 10.2 Å². The number of hydrogen-bond donors (Lipinski definition) is 0. The lowest BCUT2D eigenvalue weighted by Gasteiger charge is -2.37. The number of rotatable bonds is 1. The fourth-order valence-electron chi connectivity index (χ4n) is 2.72. The molecule has 0 atom stereocenters. The first-order valence-electron chi connectivity index (χ1n) is 6.77. The second-order valence-electron chi connectivity index (χ2n) is 5.74. The van der Waals surface area contributed by atoms with Gasteiger partial charge in [0.1, 0.15) is 11.6 Å². The van der Waals surface area contributed by atoms with Crippen molar-refractivity contribution in [3.63, 3.8) is 0 Å². The summed E-state index contributed by atoms with van der Waals surface area (Å²) < 4.78 is 26.9. The van der Waals surface area contributed by atoms with Gasteiger partial charge in [-0.3, -0.25) is 9.59 Å². The Morgan fingerprint density at radius 3 is 2.18 bits per heavy atom. The summed E-state index contributed by atoms with van der Waals surface area (Å²) >= 11 is 0. The van der Waals surface area contributed by atoms with Crippen molar-refractivity contribution < 1.29 is 18.4 Å². The van der Waals surface area contributed by atoms with E-state index in [-0.39, 0.29) is 5.69 Å². The smallest absolute Gasteiger partial charge is 0.265 e. The van der Waals surface area contributed by atoms with Gasteiger partial charge in [0, 0.05) is 11.6 Å². The Bertz CT molecular complexity index is 779. The van der Waals surface area contributed by atoms with E-state index in [0.717, 1.165) is 17.0 Å². The van der Waals surface area contributed by atoms with Crippen LogP contribution in [0.25, 0.3) is 0 Å². The predicted octanol–water partition coefficient (Wildman–Crippen LogP) is 3.43. The van der Waals surface area contributed by atoms with Crippen molar-refractivity contribution >= 4 is 17.5 Å². The van der Waals surface area contributed by atoms with Crippen molar-refractivity contribution in [1.29, 1.82) is 0 Å². The third-order valence-electron chi connectivity index (χ3n) is 3.88. The Labute approximate surface area is 126 Å². The number of halogens is 2. The summed E-state index contributed by atoms with van der Waals surface area (Å²) in [5.41, 5.74) is -0.0993. The number of benzene rings is 2. The molecule has 2 aromatic rings. The van der Waals surface area contributed by atoms with Crippen LogP contribution < -0.4 is 4.90 Å². The SMILES string of the molecule is CC1(C)C(=O)N(c2cc(F)cc(F)c2)C(=O)c2ccccc21. The summed E-state index contributed by atoms with van der Waals surface area (Å²) in [6.07, 6.45) is 0. The fourth-order valence-corrected chi connectivity index (χ4v) is 2.72. The molecule has 0 aromatic heterocycles. The molecule has 3 nitrogen and oxygen atoms in total. The molecule has 0 unspecified atom stereocenters. The molecule has 2 aromatic carbocycles. The minimum Gasteiger partial charge on any atom is -0.273 e. The fraction of sp³-hybridized carbons (Fsp3) is 0.176. The molecule has 0 saturated carbocycles. The maximum absolute atomic E-state index is 13.4. The molecular formula is C17H13F2NO2. The highest BCUT2D eigenvalue weighted by Crippen LogP contribution is 2.36. The van der Waals surface area contributed by atoms with Gasteiger partial charge < -0.3 is 0 Å². The lowest BCUT2D eigenvalue weighted by molar-refractivity contribution is -0.122. The van der Waals surface area contributed by atoms with Crippen LogP contribution in [0.2, 0.25) is 0 Å². The van der Waals surface area contributed by atoms with Gasteiger partial charge in [-0.25, -0.2) is 13.7 Å². The van der Waals surface area contributed by atoms with Crippen molar-refractivity contribution in [1.82, 2.24) is 0 Å². The summed E-state index contributed by atoms with van der Waals surface area (Å²) in [5.74, 6) is -2.77. The van der Waals surface area contributed by atoms with Gasteiger partial charge in [-0.05, 0) is 37.6 Å². The van der Waals surface area contributed by atoms with Crippen LogP contribution in [0.5, 0.6) is 0 Å². The van der Waals surface area contributed by atoms with Crippen molar-refractivity contribution in [2.45, 2.75) is 19.3 Å². The van der Waals surface area contributed by atoms with Crippen LogP contribution in [0.4, 0.5) is 14.5 Å². The summed E-state index contributed by atoms with van der Waals surface area (Å²) in [5, 5.41) is 0. The normalized spacial score (nSPS) is 16.6. The van der Waals surface area contributed by atoms with Gasteiger partial charge in [-0.15, -0.1) is 0 Å². The molecule has 0 fully saturated rings. The Kier molecular flexibility index (Phi) is 3.09. The summed E-state index contributed by atoms with van der Waals surface area (Å²) in [7, 11) is 0. The molecule has 0 saturated heterocycles. The number of hydrogen-bond acceptors (Lipinski definition) is 2. The lowest BCUT2D eigenvalue weighted by Crippen LogP contribution is -2.52. The van der Waals surface area contributed by atoms with Crippen molar-refractivity contribution in [3.05, 3.63) is 65.2 Å². The van der Waals surface area contributed by atoms with E-state index < -0.39 is 28.9 Å². The second kappa shape index (κ2) is 4.73. The van der Waals surface area contributed by atoms with E-state index in [9.17, 15) is 18.4 Å². The highest BCUT2D eigenvalue weighted by atomic mass is 19.1. The standard InChI is InChI=1S/C17H13F2NO2/c1-17(2)14-6-4-3-5-13(14)15(21)20(16(17)22)12-8-10(18)7-11(19)9-12/h3-9H,1-2H3. The molecule has 0 aliphatic carbocycles. The molecule has 1 aliphatic rings. The summed E-state index contributed by atoms with van der Waals surface area (Å²) in [6.45, 7) is 3.37. The lowest BCUT2D eigenvalue weighted by atomic mass is 9.77. The number of amides is 2. The van der Waals surface area contributed by atoms with Gasteiger partial charge in [-0.2, -0.15) is 0 Å². The molecule has 22 heavy (non-hydrogen) atoms. The zero-order valence-corrected chi connectivity index (χ0v) is 12.1. The van der Waals surface area contributed by atoms with Crippen LogP contribution in [0.15, 0.2) is 42.5 Å².